The number of hydrogen-bond donors (Lipinski definition) is 1. The maximum atomic E-state index is 10.7. The van der Waals surface area contributed by atoms with E-state index in [1.165, 1.54) is 11.6 Å². The molecular weight excluding hydrogens is 242 g/mol. The van der Waals surface area contributed by atoms with Gasteiger partial charge in [0.05, 0.1) is 0 Å². The third-order valence-electron chi connectivity index (χ3n) is 3.57. The number of rotatable bonds is 4. The fourth-order valence-electron chi connectivity index (χ4n) is 1.81. The van der Waals surface area contributed by atoms with Crippen LogP contribution in [0.25, 0.3) is 11.3 Å². The van der Waals surface area contributed by atoms with Gasteiger partial charge in [-0.1, -0.05) is 50.2 Å². The van der Waals surface area contributed by atoms with E-state index in [0.717, 1.165) is 12.0 Å². The van der Waals surface area contributed by atoms with Crippen molar-refractivity contribution in [3.63, 3.8) is 0 Å². The first-order valence-corrected chi connectivity index (χ1v) is 6.25. The van der Waals surface area contributed by atoms with Crippen molar-refractivity contribution >= 4 is 5.97 Å². The fraction of sp³-hybridized carbons (Fsp3) is 0.333. The summed E-state index contributed by atoms with van der Waals surface area (Å²) >= 11 is 0. The Kier molecular flexibility index (Phi) is 3.42. The summed E-state index contributed by atoms with van der Waals surface area (Å²) < 4.78 is 4.75. The van der Waals surface area contributed by atoms with Crippen molar-refractivity contribution in [1.29, 1.82) is 0 Å². The molecule has 19 heavy (non-hydrogen) atoms. The lowest BCUT2D eigenvalue weighted by molar-refractivity contribution is 0.0652. The highest BCUT2D eigenvalue weighted by atomic mass is 16.5. The van der Waals surface area contributed by atoms with E-state index in [0.29, 0.717) is 5.69 Å². The van der Waals surface area contributed by atoms with E-state index in [1.807, 2.05) is 24.3 Å². The molecule has 1 aromatic carbocycles. The molecule has 2 rings (SSSR count). The lowest BCUT2D eigenvalue weighted by Gasteiger charge is -2.23. The Morgan fingerprint density at radius 1 is 1.32 bits per heavy atom. The predicted molar refractivity (Wildman–Crippen MR) is 72.2 cm³/mol. The van der Waals surface area contributed by atoms with Gasteiger partial charge in [-0.05, 0) is 17.4 Å². The average molecular weight is 259 g/mol. The van der Waals surface area contributed by atoms with Gasteiger partial charge in [-0.15, -0.1) is 0 Å². The maximum Gasteiger partial charge on any atom is 0.374 e. The molecule has 0 bridgehead atoms. The van der Waals surface area contributed by atoms with Gasteiger partial charge < -0.3 is 9.63 Å². The maximum absolute atomic E-state index is 10.7. The summed E-state index contributed by atoms with van der Waals surface area (Å²) in [5, 5.41) is 12.6. The van der Waals surface area contributed by atoms with Crippen LogP contribution in [0.1, 0.15) is 43.3 Å². The van der Waals surface area contributed by atoms with Crippen LogP contribution in [0, 0.1) is 0 Å². The molecule has 0 aliphatic rings. The third-order valence-corrected chi connectivity index (χ3v) is 3.57. The van der Waals surface area contributed by atoms with Gasteiger partial charge in [0.15, 0.2) is 0 Å². The molecule has 4 heteroatoms. The Bertz CT molecular complexity index is 582. The second-order valence-corrected chi connectivity index (χ2v) is 5.20. The molecule has 100 valence electrons. The van der Waals surface area contributed by atoms with Crippen LogP contribution in [0.15, 0.2) is 34.9 Å². The SMILES string of the molecule is CCC(C)(C)c1ccc(-c2cc(C(=O)O)on2)cc1. The van der Waals surface area contributed by atoms with Crippen LogP contribution < -0.4 is 0 Å². The predicted octanol–water partition coefficient (Wildman–Crippen LogP) is 3.73. The first-order valence-electron chi connectivity index (χ1n) is 6.25. The summed E-state index contributed by atoms with van der Waals surface area (Å²) in [6.07, 6.45) is 1.06. The Labute approximate surface area is 112 Å². The number of hydrogen-bond acceptors (Lipinski definition) is 3. The van der Waals surface area contributed by atoms with Crippen LogP contribution in [-0.2, 0) is 5.41 Å². The highest BCUT2D eigenvalue weighted by Crippen LogP contribution is 2.28. The van der Waals surface area contributed by atoms with Crippen LogP contribution in [0.2, 0.25) is 0 Å². The van der Waals surface area contributed by atoms with E-state index in [2.05, 4.69) is 25.9 Å². The van der Waals surface area contributed by atoms with Crippen molar-refractivity contribution < 1.29 is 14.4 Å². The number of carboxylic acids is 1. The van der Waals surface area contributed by atoms with Gasteiger partial charge in [0.25, 0.3) is 0 Å². The summed E-state index contributed by atoms with van der Waals surface area (Å²) in [4.78, 5) is 10.7. The largest absolute Gasteiger partial charge is 0.475 e. The zero-order chi connectivity index (χ0) is 14.0. The smallest absolute Gasteiger partial charge is 0.374 e. The molecule has 0 fully saturated rings. The summed E-state index contributed by atoms with van der Waals surface area (Å²) in [6, 6.07) is 9.41. The van der Waals surface area contributed by atoms with E-state index in [-0.39, 0.29) is 11.2 Å². The van der Waals surface area contributed by atoms with Gasteiger partial charge in [-0.3, -0.25) is 0 Å². The lowest BCUT2D eigenvalue weighted by atomic mass is 9.82. The lowest BCUT2D eigenvalue weighted by Crippen LogP contribution is -2.14. The molecule has 0 unspecified atom stereocenters. The Morgan fingerprint density at radius 3 is 2.42 bits per heavy atom. The molecule has 0 radical (unpaired) electrons. The first kappa shape index (κ1) is 13.3. The van der Waals surface area contributed by atoms with Crippen molar-refractivity contribution in [3.05, 3.63) is 41.7 Å². The number of aromatic nitrogens is 1. The summed E-state index contributed by atoms with van der Waals surface area (Å²) in [6.45, 7) is 6.55. The molecule has 0 spiro atoms. The van der Waals surface area contributed by atoms with Gasteiger partial charge in [0.2, 0.25) is 5.76 Å². The minimum absolute atomic E-state index is 0.134. The minimum Gasteiger partial charge on any atom is -0.475 e. The zero-order valence-corrected chi connectivity index (χ0v) is 11.3. The topological polar surface area (TPSA) is 63.3 Å². The first-order chi connectivity index (χ1) is 8.94. The molecule has 2 aromatic rings. The summed E-state index contributed by atoms with van der Waals surface area (Å²) in [5.41, 5.74) is 2.78. The third kappa shape index (κ3) is 2.67. The number of carbonyl (C=O) groups is 1. The van der Waals surface area contributed by atoms with E-state index < -0.39 is 5.97 Å². The summed E-state index contributed by atoms with van der Waals surface area (Å²) in [5.74, 6) is -1.25. The second kappa shape index (κ2) is 4.88. The van der Waals surface area contributed by atoms with Crippen molar-refractivity contribution in [2.75, 3.05) is 0 Å². The number of carboxylic acid groups (broad SMARTS) is 1. The van der Waals surface area contributed by atoms with Crippen molar-refractivity contribution in [2.45, 2.75) is 32.6 Å². The molecule has 0 aliphatic heterocycles. The van der Waals surface area contributed by atoms with Crippen LogP contribution in [0.3, 0.4) is 0 Å². The Morgan fingerprint density at radius 2 is 1.95 bits per heavy atom. The molecule has 0 aliphatic carbocycles. The highest BCUT2D eigenvalue weighted by Gasteiger charge is 2.18. The van der Waals surface area contributed by atoms with E-state index in [9.17, 15) is 4.79 Å². The standard InChI is InChI=1S/C15H17NO3/c1-4-15(2,3)11-7-5-10(6-8-11)12-9-13(14(17)18)19-16-12/h5-9H,4H2,1-3H3,(H,17,18). The van der Waals surface area contributed by atoms with Crippen LogP contribution in [0.4, 0.5) is 0 Å². The molecule has 1 N–H and O–H groups in total. The molecule has 4 nitrogen and oxygen atoms in total. The molecule has 1 heterocycles. The Balaban J connectivity index is 2.29. The fourth-order valence-corrected chi connectivity index (χ4v) is 1.81. The summed E-state index contributed by atoms with van der Waals surface area (Å²) in [7, 11) is 0. The monoisotopic (exact) mass is 259 g/mol. The highest BCUT2D eigenvalue weighted by molar-refractivity contribution is 5.85. The average Bonchev–Trinajstić information content (AvgIpc) is 2.88. The van der Waals surface area contributed by atoms with E-state index >= 15 is 0 Å². The van der Waals surface area contributed by atoms with Crippen LogP contribution >= 0.6 is 0 Å². The van der Waals surface area contributed by atoms with Gasteiger partial charge in [-0.25, -0.2) is 4.79 Å². The van der Waals surface area contributed by atoms with Crippen LogP contribution in [0.5, 0.6) is 0 Å². The molecule has 0 saturated carbocycles. The van der Waals surface area contributed by atoms with Crippen molar-refractivity contribution in [1.82, 2.24) is 5.16 Å². The van der Waals surface area contributed by atoms with Crippen molar-refractivity contribution in [3.8, 4) is 11.3 Å². The molecular formula is C15H17NO3. The van der Waals surface area contributed by atoms with Gasteiger partial charge in [0.1, 0.15) is 5.69 Å². The Hall–Kier alpha value is -2.10. The quantitative estimate of drug-likeness (QED) is 0.908. The molecule has 1 aromatic heterocycles. The van der Waals surface area contributed by atoms with Crippen molar-refractivity contribution in [2.24, 2.45) is 0 Å². The van der Waals surface area contributed by atoms with Gasteiger partial charge in [0, 0.05) is 11.6 Å². The number of nitrogens with zero attached hydrogens (tertiary/aromatic N) is 1. The van der Waals surface area contributed by atoms with E-state index in [4.69, 9.17) is 9.63 Å². The molecule has 0 amide bonds. The normalized spacial score (nSPS) is 11.5. The molecule has 0 saturated heterocycles. The minimum atomic E-state index is -1.11. The van der Waals surface area contributed by atoms with E-state index in [1.54, 1.807) is 0 Å². The zero-order valence-electron chi connectivity index (χ0n) is 11.3. The molecule has 0 atom stereocenters. The number of aromatic carboxylic acids is 1. The van der Waals surface area contributed by atoms with Gasteiger partial charge in [-0.2, -0.15) is 0 Å². The van der Waals surface area contributed by atoms with Crippen LogP contribution in [-0.4, -0.2) is 16.2 Å². The number of benzene rings is 1. The second-order valence-electron chi connectivity index (χ2n) is 5.20. The van der Waals surface area contributed by atoms with Gasteiger partial charge >= 0.3 is 5.97 Å².